The van der Waals surface area contributed by atoms with Gasteiger partial charge in [0.05, 0.1) is 7.11 Å². The summed E-state index contributed by atoms with van der Waals surface area (Å²) in [6.07, 6.45) is 0.510. The molecule has 0 aliphatic rings. The largest absolute Gasteiger partial charge is 0.497 e. The predicted molar refractivity (Wildman–Crippen MR) is 74.2 cm³/mol. The monoisotopic (exact) mass is 280 g/mol. The van der Waals surface area contributed by atoms with Crippen LogP contribution < -0.4 is 4.74 Å². The second kappa shape index (κ2) is 6.04. The summed E-state index contributed by atoms with van der Waals surface area (Å²) in [5.41, 5.74) is 1.90. The number of benzene rings is 2. The first-order chi connectivity index (χ1) is 9.15. The van der Waals surface area contributed by atoms with Crippen molar-refractivity contribution in [1.82, 2.24) is 0 Å². The predicted octanol–water partition coefficient (Wildman–Crippen LogP) is 3.69. The Labute approximate surface area is 116 Å². The number of hydrogen-bond acceptors (Lipinski definition) is 2. The van der Waals surface area contributed by atoms with E-state index in [9.17, 15) is 4.39 Å². The van der Waals surface area contributed by atoms with Crippen LogP contribution in [0, 0.1) is 5.82 Å². The second-order valence-corrected chi connectivity index (χ2v) is 4.54. The molecule has 0 aromatic heterocycles. The summed E-state index contributed by atoms with van der Waals surface area (Å²) in [5, 5.41) is 9.43. The highest BCUT2D eigenvalue weighted by Crippen LogP contribution is 2.33. The third-order valence-corrected chi connectivity index (χ3v) is 3.22. The smallest absolute Gasteiger partial charge is 0.131 e. The third-order valence-electron chi connectivity index (χ3n) is 2.89. The molecular weight excluding hydrogens is 267 g/mol. The Balaban J connectivity index is 2.53. The van der Waals surface area contributed by atoms with Crippen molar-refractivity contribution in [3.05, 3.63) is 52.8 Å². The molecular formula is C15H14ClFO2. The van der Waals surface area contributed by atoms with Gasteiger partial charge in [0, 0.05) is 22.8 Å². The molecule has 0 spiro atoms. The molecule has 0 saturated heterocycles. The lowest BCUT2D eigenvalue weighted by Crippen LogP contribution is -1.93. The van der Waals surface area contributed by atoms with Crippen LogP contribution in [0.1, 0.15) is 5.56 Å². The molecule has 0 aliphatic carbocycles. The molecule has 100 valence electrons. The molecule has 19 heavy (non-hydrogen) atoms. The molecule has 2 rings (SSSR count). The van der Waals surface area contributed by atoms with Gasteiger partial charge in [-0.2, -0.15) is 0 Å². The first-order valence-corrected chi connectivity index (χ1v) is 6.26. The van der Waals surface area contributed by atoms with Crippen molar-refractivity contribution in [3.63, 3.8) is 0 Å². The van der Waals surface area contributed by atoms with Gasteiger partial charge in [0.15, 0.2) is 0 Å². The van der Waals surface area contributed by atoms with Gasteiger partial charge in [0.2, 0.25) is 0 Å². The summed E-state index contributed by atoms with van der Waals surface area (Å²) in [6, 6.07) is 9.84. The summed E-state index contributed by atoms with van der Waals surface area (Å²) in [5.74, 6) is 0.212. The number of aliphatic hydroxyl groups is 1. The standard InChI is InChI=1S/C15H14ClFO2/c1-19-11-3-5-15(17)13(9-11)12-8-10(6-7-18)2-4-14(12)16/h2-5,8-9,18H,6-7H2,1H3. The van der Waals surface area contributed by atoms with E-state index in [1.165, 1.54) is 13.2 Å². The van der Waals surface area contributed by atoms with E-state index in [0.29, 0.717) is 28.3 Å². The topological polar surface area (TPSA) is 29.5 Å². The maximum atomic E-state index is 13.9. The number of rotatable bonds is 4. The first kappa shape index (κ1) is 13.8. The van der Waals surface area contributed by atoms with Crippen LogP contribution in [0.2, 0.25) is 5.02 Å². The van der Waals surface area contributed by atoms with E-state index in [0.717, 1.165) is 5.56 Å². The van der Waals surface area contributed by atoms with Gasteiger partial charge < -0.3 is 9.84 Å². The molecule has 1 N–H and O–H groups in total. The lowest BCUT2D eigenvalue weighted by molar-refractivity contribution is 0.299. The minimum atomic E-state index is -0.358. The van der Waals surface area contributed by atoms with Crippen LogP contribution in [0.4, 0.5) is 4.39 Å². The Kier molecular flexibility index (Phi) is 4.40. The molecule has 4 heteroatoms. The molecule has 2 aromatic rings. The van der Waals surface area contributed by atoms with Crippen LogP contribution in [0.25, 0.3) is 11.1 Å². The van der Waals surface area contributed by atoms with Gasteiger partial charge in [0.25, 0.3) is 0 Å². The molecule has 0 bridgehead atoms. The van der Waals surface area contributed by atoms with Crippen LogP contribution in [0.5, 0.6) is 5.75 Å². The summed E-state index contributed by atoms with van der Waals surface area (Å²) in [6.45, 7) is 0.0433. The zero-order valence-electron chi connectivity index (χ0n) is 10.5. The first-order valence-electron chi connectivity index (χ1n) is 5.89. The Morgan fingerprint density at radius 1 is 1.16 bits per heavy atom. The molecule has 0 radical (unpaired) electrons. The van der Waals surface area contributed by atoms with Crippen LogP contribution in [-0.4, -0.2) is 18.8 Å². The molecule has 2 nitrogen and oxygen atoms in total. The molecule has 0 atom stereocenters. The normalized spacial score (nSPS) is 10.5. The molecule has 0 heterocycles. The highest BCUT2D eigenvalue weighted by Gasteiger charge is 2.11. The van der Waals surface area contributed by atoms with Gasteiger partial charge in [-0.1, -0.05) is 17.7 Å². The maximum Gasteiger partial charge on any atom is 0.131 e. The van der Waals surface area contributed by atoms with E-state index in [1.807, 2.05) is 6.07 Å². The summed E-state index contributed by atoms with van der Waals surface area (Å²) in [7, 11) is 1.53. The van der Waals surface area contributed by atoms with Gasteiger partial charge in [-0.05, 0) is 42.3 Å². The average Bonchev–Trinajstić information content (AvgIpc) is 2.42. The van der Waals surface area contributed by atoms with Gasteiger partial charge >= 0.3 is 0 Å². The zero-order valence-corrected chi connectivity index (χ0v) is 11.2. The van der Waals surface area contributed by atoms with Crippen molar-refractivity contribution < 1.29 is 14.2 Å². The summed E-state index contributed by atoms with van der Waals surface area (Å²) >= 11 is 6.13. The van der Waals surface area contributed by atoms with Crippen LogP contribution in [0.15, 0.2) is 36.4 Å². The quantitative estimate of drug-likeness (QED) is 0.925. The third kappa shape index (κ3) is 3.06. The Bertz CT molecular complexity index is 584. The minimum Gasteiger partial charge on any atom is -0.497 e. The molecule has 2 aromatic carbocycles. The Morgan fingerprint density at radius 2 is 1.95 bits per heavy atom. The highest BCUT2D eigenvalue weighted by molar-refractivity contribution is 6.33. The minimum absolute atomic E-state index is 0.0433. The van der Waals surface area contributed by atoms with Gasteiger partial charge in [-0.3, -0.25) is 0 Å². The number of methoxy groups -OCH3 is 1. The van der Waals surface area contributed by atoms with E-state index < -0.39 is 0 Å². The van der Waals surface area contributed by atoms with E-state index >= 15 is 0 Å². The molecule has 0 saturated carbocycles. The van der Waals surface area contributed by atoms with Crippen molar-refractivity contribution in [2.75, 3.05) is 13.7 Å². The zero-order chi connectivity index (χ0) is 13.8. The molecule has 0 unspecified atom stereocenters. The fourth-order valence-electron chi connectivity index (χ4n) is 1.90. The van der Waals surface area contributed by atoms with E-state index in [2.05, 4.69) is 0 Å². The molecule has 0 fully saturated rings. The number of aliphatic hydroxyl groups excluding tert-OH is 1. The van der Waals surface area contributed by atoms with Gasteiger partial charge in [-0.15, -0.1) is 0 Å². The van der Waals surface area contributed by atoms with Crippen LogP contribution in [-0.2, 0) is 6.42 Å². The van der Waals surface area contributed by atoms with Crippen LogP contribution in [0.3, 0.4) is 0 Å². The fourth-order valence-corrected chi connectivity index (χ4v) is 2.12. The van der Waals surface area contributed by atoms with Gasteiger partial charge in [0.1, 0.15) is 11.6 Å². The summed E-state index contributed by atoms with van der Waals surface area (Å²) < 4.78 is 19.0. The van der Waals surface area contributed by atoms with E-state index in [-0.39, 0.29) is 12.4 Å². The molecule has 0 aliphatic heterocycles. The lowest BCUT2D eigenvalue weighted by Gasteiger charge is -2.10. The maximum absolute atomic E-state index is 13.9. The van der Waals surface area contributed by atoms with E-state index in [4.69, 9.17) is 21.4 Å². The fraction of sp³-hybridized carbons (Fsp3) is 0.200. The van der Waals surface area contributed by atoms with Crippen LogP contribution >= 0.6 is 11.6 Å². The highest BCUT2D eigenvalue weighted by atomic mass is 35.5. The van der Waals surface area contributed by atoms with Crippen molar-refractivity contribution >= 4 is 11.6 Å². The summed E-state index contributed by atoms with van der Waals surface area (Å²) in [4.78, 5) is 0. The average molecular weight is 281 g/mol. The lowest BCUT2D eigenvalue weighted by atomic mass is 10.0. The Hall–Kier alpha value is -1.58. The van der Waals surface area contributed by atoms with Crippen molar-refractivity contribution in [1.29, 1.82) is 0 Å². The SMILES string of the molecule is COc1ccc(F)c(-c2cc(CCO)ccc2Cl)c1. The van der Waals surface area contributed by atoms with Crippen molar-refractivity contribution in [3.8, 4) is 16.9 Å². The number of hydrogen-bond donors (Lipinski definition) is 1. The van der Waals surface area contributed by atoms with E-state index in [1.54, 1.807) is 24.3 Å². The number of ether oxygens (including phenoxy) is 1. The second-order valence-electron chi connectivity index (χ2n) is 4.13. The van der Waals surface area contributed by atoms with Gasteiger partial charge in [-0.25, -0.2) is 4.39 Å². The Morgan fingerprint density at radius 3 is 2.63 bits per heavy atom. The number of halogens is 2. The van der Waals surface area contributed by atoms with Crippen molar-refractivity contribution in [2.45, 2.75) is 6.42 Å². The van der Waals surface area contributed by atoms with Crippen molar-refractivity contribution in [2.24, 2.45) is 0 Å². The molecule has 0 amide bonds.